The van der Waals surface area contributed by atoms with Gasteiger partial charge in [0.25, 0.3) is 5.91 Å². The van der Waals surface area contributed by atoms with Crippen molar-refractivity contribution < 1.29 is 56.7 Å². The Hall–Kier alpha value is -6.03. The quantitative estimate of drug-likeness (QED) is 0.0491. The highest BCUT2D eigenvalue weighted by Crippen LogP contribution is 2.37. The molecule has 3 aromatic carbocycles. The van der Waals surface area contributed by atoms with E-state index in [0.29, 0.717) is 63.9 Å². The molecule has 21 heteroatoms. The highest BCUT2D eigenvalue weighted by Gasteiger charge is 2.37. The standard InChI is InChI=1S/C45H54ClFN8O11/c1-4-64-45(59)66-31(2)65-44(58)32-8-10-33(11-9-32)49-43(57)42-35-6-5-7-38(53-20-18-52(19-21-53)22-23-61-26-27-63-29-28-62-25-24-60-3)34(35)16-17-54(42)40(56)15-12-36-39(55-30-48-50-51-55)14-13-37(46)41(36)47/h5-15,30-31,42H,4,16-29H2,1-3H3,(H,49,57)/b15-12+/t31?,42-/m0/s1. The minimum absolute atomic E-state index is 0.0281. The lowest BCUT2D eigenvalue weighted by Gasteiger charge is -2.40. The molecule has 1 fully saturated rings. The topological polar surface area (TPSA) is 198 Å². The number of carbonyl (C=O) groups excluding carboxylic acids is 4. The summed E-state index contributed by atoms with van der Waals surface area (Å²) in [6, 6.07) is 13.4. The Labute approximate surface area is 386 Å². The number of methoxy groups -OCH3 is 1. The number of nitrogens with one attached hydrogen (secondary N) is 1. The molecular weight excluding hydrogens is 883 g/mol. The Balaban J connectivity index is 1.15. The molecule has 1 unspecified atom stereocenters. The van der Waals surface area contributed by atoms with E-state index in [4.69, 9.17) is 44.8 Å². The first-order chi connectivity index (χ1) is 32.1. The Kier molecular flexibility index (Phi) is 18.7. The predicted octanol–water partition coefficient (Wildman–Crippen LogP) is 4.73. The first-order valence-corrected chi connectivity index (χ1v) is 21.9. The van der Waals surface area contributed by atoms with E-state index in [1.54, 1.807) is 14.0 Å². The minimum atomic E-state index is -1.21. The molecule has 0 bridgehead atoms. The smallest absolute Gasteiger partial charge is 0.435 e. The maximum Gasteiger partial charge on any atom is 0.511 e. The number of fused-ring (bicyclic) bond motifs is 1. The fourth-order valence-electron chi connectivity index (χ4n) is 7.42. The molecule has 4 aromatic rings. The van der Waals surface area contributed by atoms with E-state index >= 15 is 4.39 Å². The molecule has 0 spiro atoms. The zero-order valence-electron chi connectivity index (χ0n) is 37.1. The molecule has 2 atom stereocenters. The van der Waals surface area contributed by atoms with E-state index in [-0.39, 0.29) is 35.0 Å². The third-order valence-electron chi connectivity index (χ3n) is 10.7. The zero-order chi connectivity index (χ0) is 46.8. The molecule has 0 radical (unpaired) electrons. The zero-order valence-corrected chi connectivity index (χ0v) is 37.8. The second-order valence-electron chi connectivity index (χ2n) is 14.9. The lowest BCUT2D eigenvalue weighted by Crippen LogP contribution is -2.48. The molecule has 2 amide bonds. The predicted molar refractivity (Wildman–Crippen MR) is 239 cm³/mol. The summed E-state index contributed by atoms with van der Waals surface area (Å²) in [4.78, 5) is 59.2. The lowest BCUT2D eigenvalue weighted by molar-refractivity contribution is -0.135. The molecular formula is C45H54ClFN8O11. The van der Waals surface area contributed by atoms with Crippen LogP contribution in [0.1, 0.15) is 46.9 Å². The van der Waals surface area contributed by atoms with Gasteiger partial charge in [0.15, 0.2) is 5.82 Å². The number of ether oxygens (including phenoxy) is 7. The summed E-state index contributed by atoms with van der Waals surface area (Å²) in [5.41, 5.74) is 3.23. The number of amides is 2. The van der Waals surface area contributed by atoms with Crippen molar-refractivity contribution in [2.45, 2.75) is 32.6 Å². The summed E-state index contributed by atoms with van der Waals surface area (Å²) in [6.45, 7) is 10.7. The summed E-state index contributed by atoms with van der Waals surface area (Å²) in [5, 5.41) is 13.9. The van der Waals surface area contributed by atoms with Crippen LogP contribution in [0.2, 0.25) is 5.02 Å². The monoisotopic (exact) mass is 936 g/mol. The van der Waals surface area contributed by atoms with Gasteiger partial charge in [-0.3, -0.25) is 14.5 Å². The molecule has 0 aliphatic carbocycles. The average Bonchev–Trinajstić information content (AvgIpc) is 3.86. The van der Waals surface area contributed by atoms with Gasteiger partial charge in [0.1, 0.15) is 12.4 Å². The summed E-state index contributed by atoms with van der Waals surface area (Å²) >= 11 is 6.15. The van der Waals surface area contributed by atoms with Crippen LogP contribution in [0.5, 0.6) is 0 Å². The van der Waals surface area contributed by atoms with E-state index < -0.39 is 42.1 Å². The van der Waals surface area contributed by atoms with Gasteiger partial charge in [-0.05, 0) is 83.4 Å². The third-order valence-corrected chi connectivity index (χ3v) is 10.9. The molecule has 1 aromatic heterocycles. The summed E-state index contributed by atoms with van der Waals surface area (Å²) < 4.78 is 53.3. The highest BCUT2D eigenvalue weighted by atomic mass is 35.5. The van der Waals surface area contributed by atoms with Gasteiger partial charge >= 0.3 is 12.1 Å². The number of nitrogens with zero attached hydrogens (tertiary/aromatic N) is 7. The number of aromatic nitrogens is 4. The Morgan fingerprint density at radius 3 is 2.27 bits per heavy atom. The van der Waals surface area contributed by atoms with Crippen molar-refractivity contribution in [1.82, 2.24) is 30.0 Å². The first-order valence-electron chi connectivity index (χ1n) is 21.5. The van der Waals surface area contributed by atoms with E-state index in [1.807, 2.05) is 18.2 Å². The van der Waals surface area contributed by atoms with Gasteiger partial charge in [-0.25, -0.2) is 14.0 Å². The summed E-state index contributed by atoms with van der Waals surface area (Å²) in [5.74, 6) is -2.62. The van der Waals surface area contributed by atoms with Crippen LogP contribution in [0.15, 0.2) is 67.0 Å². The fraction of sp³-hybridized carbons (Fsp3) is 0.444. The van der Waals surface area contributed by atoms with Gasteiger partial charge in [-0.2, -0.15) is 4.68 Å². The van der Waals surface area contributed by atoms with Crippen molar-refractivity contribution in [2.24, 2.45) is 0 Å². The molecule has 354 valence electrons. The van der Waals surface area contributed by atoms with Crippen LogP contribution in [0.3, 0.4) is 0 Å². The van der Waals surface area contributed by atoms with Gasteiger partial charge in [0, 0.05) is 76.3 Å². The number of hydrogen-bond acceptors (Lipinski definition) is 16. The van der Waals surface area contributed by atoms with Gasteiger partial charge < -0.3 is 48.3 Å². The number of piperazine rings is 1. The van der Waals surface area contributed by atoms with Crippen molar-refractivity contribution >= 4 is 53.0 Å². The molecule has 1 N–H and O–H groups in total. The maximum atomic E-state index is 15.5. The van der Waals surface area contributed by atoms with Crippen LogP contribution in [0.4, 0.5) is 20.6 Å². The Bertz CT molecular complexity index is 2260. The van der Waals surface area contributed by atoms with E-state index in [1.165, 1.54) is 71.4 Å². The number of tetrazole rings is 1. The van der Waals surface area contributed by atoms with E-state index in [0.717, 1.165) is 44.0 Å². The number of halogens is 2. The Morgan fingerprint density at radius 1 is 0.879 bits per heavy atom. The molecule has 66 heavy (non-hydrogen) atoms. The lowest BCUT2D eigenvalue weighted by atomic mass is 9.89. The van der Waals surface area contributed by atoms with Crippen LogP contribution >= 0.6 is 11.6 Å². The van der Waals surface area contributed by atoms with E-state index in [2.05, 4.69) is 30.6 Å². The van der Waals surface area contributed by atoms with Crippen molar-refractivity contribution in [2.75, 3.05) is 109 Å². The molecule has 2 aliphatic rings. The second kappa shape index (κ2) is 25.0. The first kappa shape index (κ1) is 49.4. The van der Waals surface area contributed by atoms with Crippen molar-refractivity contribution in [3.05, 3.63) is 100 Å². The van der Waals surface area contributed by atoms with Gasteiger partial charge in [-0.15, -0.1) is 5.10 Å². The second-order valence-corrected chi connectivity index (χ2v) is 15.3. The van der Waals surface area contributed by atoms with Crippen LogP contribution in [0.25, 0.3) is 11.8 Å². The Morgan fingerprint density at radius 2 is 1.59 bits per heavy atom. The number of hydrogen-bond donors (Lipinski definition) is 1. The number of benzene rings is 3. The van der Waals surface area contributed by atoms with Crippen molar-refractivity contribution in [1.29, 1.82) is 0 Å². The number of esters is 1. The normalized spacial score (nSPS) is 15.6. The molecule has 1 saturated heterocycles. The van der Waals surface area contributed by atoms with Gasteiger partial charge in [0.05, 0.1) is 69.1 Å². The summed E-state index contributed by atoms with van der Waals surface area (Å²) in [6.07, 6.45) is 2.03. The maximum absolute atomic E-state index is 15.5. The van der Waals surface area contributed by atoms with Crippen LogP contribution in [-0.2, 0) is 49.2 Å². The van der Waals surface area contributed by atoms with Crippen LogP contribution < -0.4 is 10.2 Å². The summed E-state index contributed by atoms with van der Waals surface area (Å²) in [7, 11) is 1.63. The van der Waals surface area contributed by atoms with Gasteiger partial charge in [0.2, 0.25) is 12.2 Å². The highest BCUT2D eigenvalue weighted by molar-refractivity contribution is 6.31. The van der Waals surface area contributed by atoms with Crippen molar-refractivity contribution in [3.63, 3.8) is 0 Å². The largest absolute Gasteiger partial charge is 0.511 e. The average molecular weight is 937 g/mol. The number of rotatable bonds is 22. The molecule has 2 aliphatic heterocycles. The van der Waals surface area contributed by atoms with Crippen molar-refractivity contribution in [3.8, 4) is 5.69 Å². The van der Waals surface area contributed by atoms with Crippen LogP contribution in [0, 0.1) is 5.82 Å². The number of carbonyl (C=O) groups is 4. The molecule has 6 rings (SSSR count). The molecule has 3 heterocycles. The molecule has 0 saturated carbocycles. The van der Waals surface area contributed by atoms with Crippen LogP contribution in [-0.4, -0.2) is 159 Å². The third kappa shape index (κ3) is 13.5. The minimum Gasteiger partial charge on any atom is -0.435 e. The SMILES string of the molecule is CCOC(=O)OC(C)OC(=O)c1ccc(NC(=O)[C@@H]2c3cccc(N4CCN(CCOCCOCCOCCOC)CC4)c3CCN2C(=O)/C=C/c2c(-n3cnnn3)ccc(Cl)c2F)cc1. The molecule has 19 nitrogen and oxygen atoms in total. The van der Waals surface area contributed by atoms with E-state index in [9.17, 15) is 19.2 Å². The van der Waals surface area contributed by atoms with Gasteiger partial charge in [-0.1, -0.05) is 23.7 Å². The fourth-order valence-corrected chi connectivity index (χ4v) is 7.59. The number of anilines is 2.